The largest absolute Gasteiger partial charge is 0.508 e. The molecule has 180 valence electrons. The Morgan fingerprint density at radius 3 is 1.09 bits per heavy atom. The Kier molecular flexibility index (Phi) is 6.27. The van der Waals surface area contributed by atoms with E-state index in [9.17, 15) is 10.2 Å². The van der Waals surface area contributed by atoms with Gasteiger partial charge in [-0.2, -0.15) is 0 Å². The molecule has 0 saturated heterocycles. The number of phenols is 2. The van der Waals surface area contributed by atoms with Crippen LogP contribution in [0.1, 0.15) is 74.9 Å². The maximum absolute atomic E-state index is 10.8. The van der Waals surface area contributed by atoms with Gasteiger partial charge in [-0.25, -0.2) is 0 Å². The Balaban J connectivity index is 1.80. The lowest BCUT2D eigenvalue weighted by atomic mass is 9.71. The molecule has 4 aromatic carbocycles. The van der Waals surface area contributed by atoms with Crippen molar-refractivity contribution in [2.24, 2.45) is 0 Å². The van der Waals surface area contributed by atoms with Gasteiger partial charge < -0.3 is 10.2 Å². The van der Waals surface area contributed by atoms with Crippen LogP contribution in [0.5, 0.6) is 11.5 Å². The number of aromatic hydroxyl groups is 2. The molecule has 0 amide bonds. The molecular formula is C33H36O2. The summed E-state index contributed by atoms with van der Waals surface area (Å²) in [5.74, 6) is 0.602. The SMILES string of the molecule is CC(C)(c1ccc(O)c(C(C)(C)c2ccccc2)c1)c1ccc(O)c(C(C)(C)c2ccccc2)c1. The summed E-state index contributed by atoms with van der Waals surface area (Å²) < 4.78 is 0. The van der Waals surface area contributed by atoms with Gasteiger partial charge in [0.1, 0.15) is 11.5 Å². The molecule has 0 bridgehead atoms. The summed E-state index contributed by atoms with van der Waals surface area (Å²) in [6.07, 6.45) is 0. The van der Waals surface area contributed by atoms with Crippen molar-refractivity contribution in [1.29, 1.82) is 0 Å². The fourth-order valence-corrected chi connectivity index (χ4v) is 5.04. The highest BCUT2D eigenvalue weighted by Gasteiger charge is 2.32. The molecule has 0 aliphatic heterocycles. The Morgan fingerprint density at radius 2 is 0.743 bits per heavy atom. The van der Waals surface area contributed by atoms with E-state index in [1.807, 2.05) is 60.7 Å². The van der Waals surface area contributed by atoms with E-state index in [0.717, 1.165) is 33.4 Å². The average molecular weight is 465 g/mol. The van der Waals surface area contributed by atoms with E-state index in [0.29, 0.717) is 11.5 Å². The lowest BCUT2D eigenvalue weighted by Crippen LogP contribution is -2.24. The van der Waals surface area contributed by atoms with Gasteiger partial charge in [0.25, 0.3) is 0 Å². The summed E-state index contributed by atoms with van der Waals surface area (Å²) in [6.45, 7) is 13.0. The monoisotopic (exact) mass is 464 g/mol. The van der Waals surface area contributed by atoms with Crippen LogP contribution < -0.4 is 0 Å². The molecule has 0 aliphatic rings. The van der Waals surface area contributed by atoms with Crippen molar-refractivity contribution in [3.8, 4) is 11.5 Å². The predicted molar refractivity (Wildman–Crippen MR) is 145 cm³/mol. The summed E-state index contributed by atoms with van der Waals surface area (Å²) in [7, 11) is 0. The molecule has 35 heavy (non-hydrogen) atoms. The van der Waals surface area contributed by atoms with Gasteiger partial charge in [0.15, 0.2) is 0 Å². The lowest BCUT2D eigenvalue weighted by molar-refractivity contribution is 0.450. The second-order valence-electron chi connectivity index (χ2n) is 11.1. The maximum Gasteiger partial charge on any atom is 0.119 e. The number of benzene rings is 4. The normalized spacial score (nSPS) is 12.5. The van der Waals surface area contributed by atoms with Crippen molar-refractivity contribution in [2.75, 3.05) is 0 Å². The average Bonchev–Trinajstić information content (AvgIpc) is 2.85. The van der Waals surface area contributed by atoms with Gasteiger partial charge in [0.05, 0.1) is 0 Å². The molecule has 0 aliphatic carbocycles. The molecule has 0 atom stereocenters. The number of hydrogen-bond acceptors (Lipinski definition) is 2. The quantitative estimate of drug-likeness (QED) is 0.303. The van der Waals surface area contributed by atoms with Crippen LogP contribution in [-0.4, -0.2) is 10.2 Å². The van der Waals surface area contributed by atoms with Crippen molar-refractivity contribution in [3.05, 3.63) is 130 Å². The predicted octanol–water partition coefficient (Wildman–Crippen LogP) is 8.08. The van der Waals surface area contributed by atoms with Crippen LogP contribution in [0.3, 0.4) is 0 Å². The van der Waals surface area contributed by atoms with E-state index in [1.54, 1.807) is 0 Å². The van der Waals surface area contributed by atoms with Crippen LogP contribution in [0.25, 0.3) is 0 Å². The summed E-state index contributed by atoms with van der Waals surface area (Å²) in [6, 6.07) is 32.5. The highest BCUT2D eigenvalue weighted by Crippen LogP contribution is 2.43. The minimum atomic E-state index is -0.354. The van der Waals surface area contributed by atoms with Crippen molar-refractivity contribution in [3.63, 3.8) is 0 Å². The third-order valence-corrected chi connectivity index (χ3v) is 7.77. The van der Waals surface area contributed by atoms with E-state index < -0.39 is 0 Å². The van der Waals surface area contributed by atoms with Crippen LogP contribution >= 0.6 is 0 Å². The number of phenolic OH excluding ortho intramolecular Hbond substituents is 2. The highest BCUT2D eigenvalue weighted by molar-refractivity contribution is 5.53. The molecule has 4 rings (SSSR count). The first-order valence-electron chi connectivity index (χ1n) is 12.2. The fraction of sp³-hybridized carbons (Fsp3) is 0.273. The smallest absolute Gasteiger partial charge is 0.119 e. The lowest BCUT2D eigenvalue weighted by Gasteiger charge is -2.33. The van der Waals surface area contributed by atoms with E-state index in [2.05, 4.69) is 77.9 Å². The highest BCUT2D eigenvalue weighted by atomic mass is 16.3. The topological polar surface area (TPSA) is 40.5 Å². The third kappa shape index (κ3) is 4.46. The zero-order chi connectivity index (χ0) is 25.4. The molecule has 0 spiro atoms. The second kappa shape index (κ2) is 8.92. The zero-order valence-electron chi connectivity index (χ0n) is 21.6. The van der Waals surface area contributed by atoms with Crippen LogP contribution in [0.2, 0.25) is 0 Å². The summed E-state index contributed by atoms with van der Waals surface area (Å²) >= 11 is 0. The second-order valence-corrected chi connectivity index (χ2v) is 11.1. The molecule has 4 aromatic rings. The van der Waals surface area contributed by atoms with Gasteiger partial charge in [-0.3, -0.25) is 0 Å². The van der Waals surface area contributed by atoms with Crippen molar-refractivity contribution in [1.82, 2.24) is 0 Å². The zero-order valence-corrected chi connectivity index (χ0v) is 21.6. The summed E-state index contributed by atoms with van der Waals surface area (Å²) in [5.41, 5.74) is 5.29. The van der Waals surface area contributed by atoms with Crippen LogP contribution in [-0.2, 0) is 16.2 Å². The van der Waals surface area contributed by atoms with Gasteiger partial charge in [0.2, 0.25) is 0 Å². The first-order valence-corrected chi connectivity index (χ1v) is 12.2. The standard InChI is InChI=1S/C33H36O2/c1-31(2,25-17-19-29(34)27(21-25)32(3,4)23-13-9-7-10-14-23)26-18-20-30(35)28(22-26)33(5,6)24-15-11-8-12-16-24/h7-22,34-35H,1-6H3. The Labute approximate surface area is 209 Å². The van der Waals surface area contributed by atoms with Crippen LogP contribution in [0.4, 0.5) is 0 Å². The Morgan fingerprint density at radius 1 is 0.400 bits per heavy atom. The van der Waals surface area contributed by atoms with Crippen LogP contribution in [0, 0.1) is 0 Å². The molecule has 0 fully saturated rings. The Bertz CT molecular complexity index is 1210. The minimum absolute atomic E-state index is 0.301. The first-order chi connectivity index (χ1) is 16.5. The number of rotatable bonds is 6. The number of hydrogen-bond donors (Lipinski definition) is 2. The molecule has 2 heteroatoms. The molecule has 0 aromatic heterocycles. The molecule has 0 heterocycles. The van der Waals surface area contributed by atoms with E-state index in [1.165, 1.54) is 0 Å². The molecule has 2 nitrogen and oxygen atoms in total. The Hall–Kier alpha value is -3.52. The van der Waals surface area contributed by atoms with E-state index in [4.69, 9.17) is 0 Å². The first kappa shape index (κ1) is 24.6. The van der Waals surface area contributed by atoms with Gasteiger partial charge in [-0.1, -0.05) is 126 Å². The minimum Gasteiger partial charge on any atom is -0.508 e. The third-order valence-electron chi connectivity index (χ3n) is 7.77. The fourth-order valence-electron chi connectivity index (χ4n) is 5.04. The van der Waals surface area contributed by atoms with Crippen LogP contribution in [0.15, 0.2) is 97.1 Å². The maximum atomic E-state index is 10.8. The molecule has 0 saturated carbocycles. The van der Waals surface area contributed by atoms with E-state index in [-0.39, 0.29) is 16.2 Å². The van der Waals surface area contributed by atoms with Crippen molar-refractivity contribution >= 4 is 0 Å². The van der Waals surface area contributed by atoms with Gasteiger partial charge in [-0.05, 0) is 34.4 Å². The van der Waals surface area contributed by atoms with Gasteiger partial charge >= 0.3 is 0 Å². The van der Waals surface area contributed by atoms with Gasteiger partial charge in [-0.15, -0.1) is 0 Å². The molecular weight excluding hydrogens is 428 g/mol. The summed E-state index contributed by atoms with van der Waals surface area (Å²) in [5, 5.41) is 21.7. The van der Waals surface area contributed by atoms with Crippen molar-refractivity contribution in [2.45, 2.75) is 57.8 Å². The molecule has 0 unspecified atom stereocenters. The summed E-state index contributed by atoms with van der Waals surface area (Å²) in [4.78, 5) is 0. The molecule has 0 radical (unpaired) electrons. The van der Waals surface area contributed by atoms with Gasteiger partial charge in [0, 0.05) is 27.4 Å². The van der Waals surface area contributed by atoms with Crippen molar-refractivity contribution < 1.29 is 10.2 Å². The molecule has 2 N–H and O–H groups in total. The van der Waals surface area contributed by atoms with E-state index >= 15 is 0 Å².